The van der Waals surface area contributed by atoms with E-state index in [0.29, 0.717) is 5.58 Å². The van der Waals surface area contributed by atoms with Gasteiger partial charge in [0, 0.05) is 11.5 Å². The van der Waals surface area contributed by atoms with Crippen LogP contribution in [-0.2, 0) is 0 Å². The molecule has 1 aromatic heterocycles. The van der Waals surface area contributed by atoms with Crippen LogP contribution in [0.15, 0.2) is 28.9 Å². The number of likely N-dealkylation sites (N-methyl/N-ethyl adjacent to an activating group) is 1. The molecule has 0 fully saturated rings. The van der Waals surface area contributed by atoms with E-state index in [2.05, 4.69) is 5.32 Å². The van der Waals surface area contributed by atoms with Crippen molar-refractivity contribution in [2.24, 2.45) is 0 Å². The molecule has 0 amide bonds. The first-order valence-electron chi connectivity index (χ1n) is 5.01. The summed E-state index contributed by atoms with van der Waals surface area (Å²) in [4.78, 5) is 11.8. The van der Waals surface area contributed by atoms with Gasteiger partial charge in [0.1, 0.15) is 11.4 Å². The Morgan fingerprint density at radius 1 is 1.50 bits per heavy atom. The lowest BCUT2D eigenvalue weighted by Crippen LogP contribution is -2.31. The molecule has 4 heteroatoms. The molecule has 0 spiro atoms. The summed E-state index contributed by atoms with van der Waals surface area (Å²) in [7, 11) is 1.66. The first-order valence-corrected chi connectivity index (χ1v) is 5.01. The van der Waals surface area contributed by atoms with Gasteiger partial charge in [-0.05, 0) is 26.1 Å². The summed E-state index contributed by atoms with van der Waals surface area (Å²) in [6, 6.07) is 4.06. The van der Waals surface area contributed by atoms with Gasteiger partial charge in [-0.15, -0.1) is 0 Å². The predicted octanol–water partition coefficient (Wildman–Crippen LogP) is 2.36. The Bertz CT molecular complexity index is 533. The van der Waals surface area contributed by atoms with Crippen molar-refractivity contribution >= 4 is 16.8 Å². The summed E-state index contributed by atoms with van der Waals surface area (Å²) >= 11 is 0. The monoisotopic (exact) mass is 221 g/mol. The normalized spacial score (nSPS) is 12.9. The Morgan fingerprint density at radius 3 is 2.94 bits per heavy atom. The number of furan rings is 1. The van der Waals surface area contributed by atoms with E-state index in [1.807, 2.05) is 0 Å². The van der Waals surface area contributed by atoms with Crippen molar-refractivity contribution in [2.75, 3.05) is 7.05 Å². The molecule has 2 rings (SSSR count). The number of nitrogens with one attached hydrogen (secondary N) is 1. The first kappa shape index (κ1) is 10.8. The number of halogens is 1. The maximum atomic E-state index is 13.6. The fraction of sp³-hybridized carbons (Fsp3) is 0.250. The molecule has 0 saturated carbocycles. The summed E-state index contributed by atoms with van der Waals surface area (Å²) < 4.78 is 18.7. The number of Topliss-reactive ketones (excluding diaryl/α,β-unsaturated/α-hetero) is 1. The van der Waals surface area contributed by atoms with E-state index in [4.69, 9.17) is 4.42 Å². The summed E-state index contributed by atoms with van der Waals surface area (Å²) in [5.74, 6) is -0.808. The minimum atomic E-state index is -0.547. The van der Waals surface area contributed by atoms with Gasteiger partial charge in [0.05, 0.1) is 17.9 Å². The van der Waals surface area contributed by atoms with E-state index in [1.165, 1.54) is 18.4 Å². The zero-order valence-corrected chi connectivity index (χ0v) is 9.08. The molecule has 0 bridgehead atoms. The van der Waals surface area contributed by atoms with Gasteiger partial charge in [-0.2, -0.15) is 0 Å². The fourth-order valence-electron chi connectivity index (χ4n) is 1.54. The number of benzene rings is 1. The predicted molar refractivity (Wildman–Crippen MR) is 59.0 cm³/mol. The van der Waals surface area contributed by atoms with Gasteiger partial charge < -0.3 is 9.73 Å². The molecule has 1 atom stereocenters. The number of ketones is 1. The average molecular weight is 221 g/mol. The highest BCUT2D eigenvalue weighted by atomic mass is 19.1. The van der Waals surface area contributed by atoms with E-state index in [1.54, 1.807) is 20.0 Å². The van der Waals surface area contributed by atoms with Crippen LogP contribution in [0, 0.1) is 5.82 Å². The summed E-state index contributed by atoms with van der Waals surface area (Å²) in [5, 5.41) is 3.52. The number of carbonyl (C=O) groups is 1. The zero-order valence-electron chi connectivity index (χ0n) is 9.08. The van der Waals surface area contributed by atoms with Gasteiger partial charge in [0.2, 0.25) is 0 Å². The number of rotatable bonds is 3. The quantitative estimate of drug-likeness (QED) is 0.809. The third-order valence-electron chi connectivity index (χ3n) is 2.63. The van der Waals surface area contributed by atoms with Gasteiger partial charge in [0.15, 0.2) is 5.78 Å². The van der Waals surface area contributed by atoms with Crippen molar-refractivity contribution in [3.05, 3.63) is 35.8 Å². The van der Waals surface area contributed by atoms with Crippen LogP contribution in [0.1, 0.15) is 17.3 Å². The van der Waals surface area contributed by atoms with Crippen LogP contribution < -0.4 is 5.32 Å². The number of fused-ring (bicyclic) bond motifs is 1. The molecule has 1 aromatic carbocycles. The van der Waals surface area contributed by atoms with Gasteiger partial charge in [-0.1, -0.05) is 0 Å². The molecule has 0 aliphatic rings. The molecule has 0 unspecified atom stereocenters. The van der Waals surface area contributed by atoms with Crippen LogP contribution in [0.4, 0.5) is 4.39 Å². The molecular weight excluding hydrogens is 209 g/mol. The van der Waals surface area contributed by atoms with Crippen molar-refractivity contribution in [3.63, 3.8) is 0 Å². The standard InChI is InChI=1S/C12H12FNO2/c1-7(14-2)12(15)9-5-8-3-4-16-11(8)6-10(9)13/h3-7,14H,1-2H3/t7-/m1/s1. The van der Waals surface area contributed by atoms with Crippen LogP contribution in [0.25, 0.3) is 11.0 Å². The lowest BCUT2D eigenvalue weighted by atomic mass is 10.0. The molecule has 1 N–H and O–H groups in total. The van der Waals surface area contributed by atoms with Crippen LogP contribution in [0.2, 0.25) is 0 Å². The van der Waals surface area contributed by atoms with E-state index >= 15 is 0 Å². The highest BCUT2D eigenvalue weighted by molar-refractivity contribution is 6.02. The van der Waals surface area contributed by atoms with Gasteiger partial charge in [0.25, 0.3) is 0 Å². The van der Waals surface area contributed by atoms with E-state index < -0.39 is 11.9 Å². The molecule has 0 aliphatic heterocycles. The Kier molecular flexibility index (Phi) is 2.75. The van der Waals surface area contributed by atoms with E-state index in [-0.39, 0.29) is 11.3 Å². The fourth-order valence-corrected chi connectivity index (χ4v) is 1.54. The van der Waals surface area contributed by atoms with Crippen LogP contribution in [0.5, 0.6) is 0 Å². The van der Waals surface area contributed by atoms with Crippen molar-refractivity contribution in [1.29, 1.82) is 0 Å². The number of hydrogen-bond acceptors (Lipinski definition) is 3. The lowest BCUT2D eigenvalue weighted by Gasteiger charge is -2.09. The minimum absolute atomic E-state index is 0.0933. The SMILES string of the molecule is CN[C@H](C)C(=O)c1cc2ccoc2cc1F. The number of carbonyl (C=O) groups excluding carboxylic acids is 1. The summed E-state index contributed by atoms with van der Waals surface area (Å²) in [5.41, 5.74) is 0.543. The third-order valence-corrected chi connectivity index (χ3v) is 2.63. The topological polar surface area (TPSA) is 42.2 Å². The van der Waals surface area contributed by atoms with Gasteiger partial charge >= 0.3 is 0 Å². The Hall–Kier alpha value is -1.68. The maximum absolute atomic E-state index is 13.6. The number of hydrogen-bond donors (Lipinski definition) is 1. The first-order chi connectivity index (χ1) is 7.63. The summed E-state index contributed by atoms with van der Waals surface area (Å²) in [6.45, 7) is 1.70. The highest BCUT2D eigenvalue weighted by Gasteiger charge is 2.18. The largest absolute Gasteiger partial charge is 0.464 e. The molecule has 2 aromatic rings. The van der Waals surface area contributed by atoms with E-state index in [9.17, 15) is 9.18 Å². The Morgan fingerprint density at radius 2 is 2.25 bits per heavy atom. The maximum Gasteiger partial charge on any atom is 0.182 e. The van der Waals surface area contributed by atoms with Crippen molar-refractivity contribution in [2.45, 2.75) is 13.0 Å². The molecule has 3 nitrogen and oxygen atoms in total. The van der Waals surface area contributed by atoms with Gasteiger partial charge in [-0.25, -0.2) is 4.39 Å². The molecule has 16 heavy (non-hydrogen) atoms. The molecule has 0 radical (unpaired) electrons. The van der Waals surface area contributed by atoms with E-state index in [0.717, 1.165) is 5.39 Å². The van der Waals surface area contributed by atoms with Crippen molar-refractivity contribution < 1.29 is 13.6 Å². The molecule has 84 valence electrons. The molecule has 0 aliphatic carbocycles. The Balaban J connectivity index is 2.51. The molecule has 1 heterocycles. The lowest BCUT2D eigenvalue weighted by molar-refractivity contribution is 0.0951. The average Bonchev–Trinajstić information content (AvgIpc) is 2.72. The van der Waals surface area contributed by atoms with Crippen LogP contribution in [0.3, 0.4) is 0 Å². The van der Waals surface area contributed by atoms with Crippen LogP contribution >= 0.6 is 0 Å². The second-order valence-corrected chi connectivity index (χ2v) is 3.67. The second-order valence-electron chi connectivity index (χ2n) is 3.67. The second kappa shape index (κ2) is 4.06. The van der Waals surface area contributed by atoms with Crippen molar-refractivity contribution in [3.8, 4) is 0 Å². The zero-order chi connectivity index (χ0) is 11.7. The van der Waals surface area contributed by atoms with Crippen LogP contribution in [-0.4, -0.2) is 18.9 Å². The molecular formula is C12H12FNO2. The Labute approximate surface area is 92.2 Å². The van der Waals surface area contributed by atoms with Gasteiger partial charge in [-0.3, -0.25) is 4.79 Å². The third kappa shape index (κ3) is 1.72. The van der Waals surface area contributed by atoms with Crippen molar-refractivity contribution in [1.82, 2.24) is 5.32 Å². The minimum Gasteiger partial charge on any atom is -0.464 e. The molecule has 0 saturated heterocycles. The highest BCUT2D eigenvalue weighted by Crippen LogP contribution is 2.21. The summed E-state index contributed by atoms with van der Waals surface area (Å²) in [6.07, 6.45) is 1.47. The smallest absolute Gasteiger partial charge is 0.182 e.